The highest BCUT2D eigenvalue weighted by atomic mass is 32.1. The van der Waals surface area contributed by atoms with Gasteiger partial charge in [0.15, 0.2) is 0 Å². The molecule has 0 aliphatic heterocycles. The lowest BCUT2D eigenvalue weighted by Crippen LogP contribution is -2.34. The molecule has 0 saturated heterocycles. The van der Waals surface area contributed by atoms with Crippen LogP contribution in [0.4, 0.5) is 0 Å². The second-order valence-electron chi connectivity index (χ2n) is 3.58. The summed E-state index contributed by atoms with van der Waals surface area (Å²) >= 11 is 1.68. The van der Waals surface area contributed by atoms with Crippen LogP contribution < -0.4 is 10.6 Å². The Labute approximate surface area is 87.5 Å². The summed E-state index contributed by atoms with van der Waals surface area (Å²) < 4.78 is 0. The van der Waals surface area contributed by atoms with Crippen LogP contribution in [0.25, 0.3) is 0 Å². The molecule has 1 aromatic rings. The second-order valence-corrected chi connectivity index (χ2v) is 4.36. The minimum Gasteiger partial charge on any atom is -0.352 e. The van der Waals surface area contributed by atoms with Gasteiger partial charge in [-0.3, -0.25) is 4.79 Å². The largest absolute Gasteiger partial charge is 0.352 e. The third-order valence-electron chi connectivity index (χ3n) is 2.14. The summed E-state index contributed by atoms with van der Waals surface area (Å²) in [5.74, 6) is 0.114. The van der Waals surface area contributed by atoms with Gasteiger partial charge in [-0.25, -0.2) is 0 Å². The molecule has 0 radical (unpaired) electrons. The molecule has 1 aliphatic carbocycles. The molecule has 4 heteroatoms. The van der Waals surface area contributed by atoms with Gasteiger partial charge < -0.3 is 10.6 Å². The van der Waals surface area contributed by atoms with Gasteiger partial charge >= 0.3 is 0 Å². The molecule has 1 aromatic heterocycles. The van der Waals surface area contributed by atoms with Crippen molar-refractivity contribution >= 4 is 17.2 Å². The molecule has 0 unspecified atom stereocenters. The van der Waals surface area contributed by atoms with E-state index in [9.17, 15) is 4.79 Å². The number of hydrogen-bond acceptors (Lipinski definition) is 3. The van der Waals surface area contributed by atoms with Crippen LogP contribution >= 0.6 is 11.3 Å². The summed E-state index contributed by atoms with van der Waals surface area (Å²) in [5, 5.41) is 10.2. The highest BCUT2D eigenvalue weighted by Gasteiger charge is 2.22. The molecule has 1 saturated carbocycles. The van der Waals surface area contributed by atoms with Crippen molar-refractivity contribution in [3.63, 3.8) is 0 Å². The van der Waals surface area contributed by atoms with Crippen molar-refractivity contribution in [2.45, 2.75) is 25.4 Å². The van der Waals surface area contributed by atoms with Gasteiger partial charge in [0.1, 0.15) is 0 Å². The van der Waals surface area contributed by atoms with Crippen molar-refractivity contribution in [2.75, 3.05) is 6.54 Å². The molecule has 1 heterocycles. The maximum atomic E-state index is 11.3. The monoisotopic (exact) mass is 210 g/mol. The Hall–Kier alpha value is -0.870. The van der Waals surface area contributed by atoms with Crippen LogP contribution in [0.15, 0.2) is 16.8 Å². The first kappa shape index (κ1) is 9.68. The Balaban J connectivity index is 1.60. The van der Waals surface area contributed by atoms with Crippen LogP contribution in [0.5, 0.6) is 0 Å². The minimum absolute atomic E-state index is 0.114. The first-order valence-electron chi connectivity index (χ1n) is 4.86. The van der Waals surface area contributed by atoms with Crippen molar-refractivity contribution in [1.29, 1.82) is 0 Å². The van der Waals surface area contributed by atoms with Gasteiger partial charge in [-0.1, -0.05) is 0 Å². The zero-order valence-electron chi connectivity index (χ0n) is 7.95. The van der Waals surface area contributed by atoms with Crippen LogP contribution in [-0.2, 0) is 11.3 Å². The fourth-order valence-electron chi connectivity index (χ4n) is 1.22. The first-order valence-corrected chi connectivity index (χ1v) is 5.80. The number of carbonyl (C=O) groups excluding carboxylic acids is 1. The van der Waals surface area contributed by atoms with Gasteiger partial charge in [0, 0.05) is 12.6 Å². The molecule has 1 aliphatic rings. The normalized spacial score (nSPS) is 15.4. The summed E-state index contributed by atoms with van der Waals surface area (Å²) in [6.45, 7) is 1.20. The molecule has 2 rings (SSSR count). The van der Waals surface area contributed by atoms with Gasteiger partial charge in [-0.2, -0.15) is 11.3 Å². The van der Waals surface area contributed by atoms with Gasteiger partial charge in [0.25, 0.3) is 0 Å². The van der Waals surface area contributed by atoms with E-state index >= 15 is 0 Å². The molecule has 0 spiro atoms. The lowest BCUT2D eigenvalue weighted by molar-refractivity contribution is -0.120. The van der Waals surface area contributed by atoms with Gasteiger partial charge in [-0.05, 0) is 35.2 Å². The van der Waals surface area contributed by atoms with Crippen LogP contribution in [-0.4, -0.2) is 18.5 Å². The maximum absolute atomic E-state index is 11.3. The molecule has 1 fully saturated rings. The number of rotatable bonds is 5. The average Bonchev–Trinajstić information content (AvgIpc) is 2.82. The van der Waals surface area contributed by atoms with Crippen LogP contribution in [0.1, 0.15) is 18.4 Å². The van der Waals surface area contributed by atoms with Crippen molar-refractivity contribution in [1.82, 2.24) is 10.6 Å². The Morgan fingerprint density at radius 2 is 2.43 bits per heavy atom. The molecule has 76 valence electrons. The number of nitrogens with one attached hydrogen (secondary N) is 2. The SMILES string of the molecule is O=C(CNCc1ccsc1)NC1CC1. The highest BCUT2D eigenvalue weighted by Crippen LogP contribution is 2.18. The third kappa shape index (κ3) is 3.12. The summed E-state index contributed by atoms with van der Waals surface area (Å²) in [6, 6.07) is 2.53. The van der Waals surface area contributed by atoms with Gasteiger partial charge in [-0.15, -0.1) is 0 Å². The topological polar surface area (TPSA) is 41.1 Å². The van der Waals surface area contributed by atoms with Crippen molar-refractivity contribution in [2.24, 2.45) is 0 Å². The van der Waals surface area contributed by atoms with E-state index < -0.39 is 0 Å². The Morgan fingerprint density at radius 1 is 1.57 bits per heavy atom. The molecule has 14 heavy (non-hydrogen) atoms. The van der Waals surface area contributed by atoms with E-state index in [0.717, 1.165) is 19.4 Å². The molecule has 0 bridgehead atoms. The molecule has 0 aromatic carbocycles. The summed E-state index contributed by atoms with van der Waals surface area (Å²) in [6.07, 6.45) is 2.30. The van der Waals surface area contributed by atoms with E-state index in [4.69, 9.17) is 0 Å². The van der Waals surface area contributed by atoms with Crippen LogP contribution in [0.2, 0.25) is 0 Å². The van der Waals surface area contributed by atoms with E-state index in [1.165, 1.54) is 5.56 Å². The van der Waals surface area contributed by atoms with E-state index in [2.05, 4.69) is 22.1 Å². The Morgan fingerprint density at radius 3 is 3.07 bits per heavy atom. The number of amides is 1. The standard InChI is InChI=1S/C10H14N2OS/c13-10(12-9-1-2-9)6-11-5-8-3-4-14-7-8/h3-4,7,9,11H,1-2,5-6H2,(H,12,13). The smallest absolute Gasteiger partial charge is 0.234 e. The maximum Gasteiger partial charge on any atom is 0.234 e. The molecular weight excluding hydrogens is 196 g/mol. The Kier molecular flexibility index (Phi) is 3.16. The number of hydrogen-bond donors (Lipinski definition) is 2. The number of carbonyl (C=O) groups is 1. The van der Waals surface area contributed by atoms with Crippen LogP contribution in [0.3, 0.4) is 0 Å². The molecular formula is C10H14N2OS. The molecule has 2 N–H and O–H groups in total. The average molecular weight is 210 g/mol. The van der Waals surface area contributed by atoms with Crippen molar-refractivity contribution in [3.05, 3.63) is 22.4 Å². The number of thiophene rings is 1. The van der Waals surface area contributed by atoms with Crippen molar-refractivity contribution < 1.29 is 4.79 Å². The molecule has 0 atom stereocenters. The molecule has 3 nitrogen and oxygen atoms in total. The van der Waals surface area contributed by atoms with E-state index in [1.807, 2.05) is 5.38 Å². The quantitative estimate of drug-likeness (QED) is 0.764. The fraction of sp³-hybridized carbons (Fsp3) is 0.500. The van der Waals surface area contributed by atoms with Gasteiger partial charge in [0.2, 0.25) is 5.91 Å². The predicted molar refractivity (Wildman–Crippen MR) is 57.2 cm³/mol. The van der Waals surface area contributed by atoms with E-state index in [-0.39, 0.29) is 5.91 Å². The molecule has 1 amide bonds. The summed E-state index contributed by atoms with van der Waals surface area (Å²) in [7, 11) is 0. The van der Waals surface area contributed by atoms with Crippen molar-refractivity contribution in [3.8, 4) is 0 Å². The fourth-order valence-corrected chi connectivity index (χ4v) is 1.89. The zero-order chi connectivity index (χ0) is 9.80. The van der Waals surface area contributed by atoms with E-state index in [0.29, 0.717) is 12.6 Å². The minimum atomic E-state index is 0.114. The zero-order valence-corrected chi connectivity index (χ0v) is 8.77. The highest BCUT2D eigenvalue weighted by molar-refractivity contribution is 7.07. The predicted octanol–water partition coefficient (Wildman–Crippen LogP) is 1.12. The third-order valence-corrected chi connectivity index (χ3v) is 2.87. The summed E-state index contributed by atoms with van der Waals surface area (Å²) in [5.41, 5.74) is 1.24. The van der Waals surface area contributed by atoms with Crippen LogP contribution in [0, 0.1) is 0 Å². The van der Waals surface area contributed by atoms with E-state index in [1.54, 1.807) is 11.3 Å². The lowest BCUT2D eigenvalue weighted by Gasteiger charge is -2.03. The second kappa shape index (κ2) is 4.57. The summed E-state index contributed by atoms with van der Waals surface area (Å²) in [4.78, 5) is 11.3. The van der Waals surface area contributed by atoms with Gasteiger partial charge in [0.05, 0.1) is 6.54 Å². The first-order chi connectivity index (χ1) is 6.84. The lowest BCUT2D eigenvalue weighted by atomic mass is 10.3. The Bertz CT molecular complexity index is 293.